The van der Waals surface area contributed by atoms with Crippen LogP contribution < -0.4 is 0 Å². The Bertz CT molecular complexity index is 600. The molecule has 0 bridgehead atoms. The minimum atomic E-state index is -0.476. The van der Waals surface area contributed by atoms with Crippen molar-refractivity contribution >= 4 is 38.7 Å². The molecule has 74 valence electrons. The van der Waals surface area contributed by atoms with Crippen LogP contribution in [0.2, 0.25) is 5.02 Å². The van der Waals surface area contributed by atoms with Crippen LogP contribution in [0.25, 0.3) is 10.1 Å². The quantitative estimate of drug-likeness (QED) is 0.565. The van der Waals surface area contributed by atoms with Gasteiger partial charge in [-0.05, 0) is 0 Å². The Labute approximate surface area is 93.5 Å². The summed E-state index contributed by atoms with van der Waals surface area (Å²) < 4.78 is 0.448. The van der Waals surface area contributed by atoms with Gasteiger partial charge in [-0.1, -0.05) is 23.7 Å². The fourth-order valence-electron chi connectivity index (χ4n) is 1.29. The Hall–Kier alpha value is -1.64. The van der Waals surface area contributed by atoms with Gasteiger partial charge in [-0.25, -0.2) is 0 Å². The maximum atomic E-state index is 10.7. The highest BCUT2D eigenvalue weighted by atomic mass is 35.5. The van der Waals surface area contributed by atoms with Crippen molar-refractivity contribution in [2.45, 2.75) is 0 Å². The van der Waals surface area contributed by atoms with Crippen LogP contribution in [0.4, 0.5) is 5.69 Å². The molecule has 2 rings (SSSR count). The van der Waals surface area contributed by atoms with E-state index in [9.17, 15) is 10.1 Å². The largest absolute Gasteiger partial charge is 0.287 e. The zero-order valence-electron chi connectivity index (χ0n) is 7.23. The minimum absolute atomic E-state index is 0.0131. The molecule has 0 fully saturated rings. The summed E-state index contributed by atoms with van der Waals surface area (Å²) in [5.41, 5.74) is -0.0131. The molecule has 6 heteroatoms. The number of thiophene rings is 1. The molecule has 0 atom stereocenters. The lowest BCUT2D eigenvalue weighted by Gasteiger charge is -1.92. The number of nitro benzene ring substituents is 1. The summed E-state index contributed by atoms with van der Waals surface area (Å²) in [6.07, 6.45) is 0. The summed E-state index contributed by atoms with van der Waals surface area (Å²) in [6.45, 7) is 0. The first-order valence-electron chi connectivity index (χ1n) is 3.90. The molecule has 0 aliphatic carbocycles. The van der Waals surface area contributed by atoms with E-state index in [2.05, 4.69) is 0 Å². The van der Waals surface area contributed by atoms with E-state index in [0.717, 1.165) is 11.3 Å². The van der Waals surface area contributed by atoms with Crippen LogP contribution in [-0.2, 0) is 0 Å². The van der Waals surface area contributed by atoms with E-state index in [4.69, 9.17) is 16.9 Å². The molecule has 0 spiro atoms. The van der Waals surface area contributed by atoms with E-state index in [0.29, 0.717) is 20.0 Å². The van der Waals surface area contributed by atoms with Crippen LogP contribution in [0.3, 0.4) is 0 Å². The standard InChI is InChI=1S/C9H3ClN2O2S/c10-8-5-2-1-3-6(12(13)14)9(5)15-7(8)4-11/h1-3H. The number of fused-ring (bicyclic) bond motifs is 1. The second-order valence-corrected chi connectivity index (χ2v) is 4.17. The van der Waals surface area contributed by atoms with Gasteiger partial charge in [0.05, 0.1) is 9.95 Å². The number of halogens is 1. The summed E-state index contributed by atoms with van der Waals surface area (Å²) in [5, 5.41) is 20.3. The number of benzene rings is 1. The molecule has 0 unspecified atom stereocenters. The van der Waals surface area contributed by atoms with Crippen molar-refractivity contribution in [2.75, 3.05) is 0 Å². The molecule has 0 aliphatic rings. The Morgan fingerprint density at radius 3 is 2.87 bits per heavy atom. The topological polar surface area (TPSA) is 66.9 Å². The number of nitrogens with zero attached hydrogens (tertiary/aromatic N) is 2. The molecule has 0 saturated heterocycles. The maximum absolute atomic E-state index is 10.7. The first kappa shape index (κ1) is 9.90. The highest BCUT2D eigenvalue weighted by Crippen LogP contribution is 2.39. The Morgan fingerprint density at radius 1 is 1.53 bits per heavy atom. The van der Waals surface area contributed by atoms with Crippen LogP contribution in [0.5, 0.6) is 0 Å². The van der Waals surface area contributed by atoms with Crippen molar-refractivity contribution in [3.63, 3.8) is 0 Å². The van der Waals surface area contributed by atoms with Gasteiger partial charge in [0.1, 0.15) is 15.6 Å². The highest BCUT2D eigenvalue weighted by molar-refractivity contribution is 7.20. The maximum Gasteiger partial charge on any atom is 0.287 e. The molecule has 4 nitrogen and oxygen atoms in total. The van der Waals surface area contributed by atoms with E-state index < -0.39 is 4.92 Å². The van der Waals surface area contributed by atoms with Crippen LogP contribution in [0.15, 0.2) is 18.2 Å². The lowest BCUT2D eigenvalue weighted by Crippen LogP contribution is -1.86. The van der Waals surface area contributed by atoms with Gasteiger partial charge in [0.15, 0.2) is 0 Å². The molecule has 0 saturated carbocycles. The molecule has 1 aromatic heterocycles. The van der Waals surface area contributed by atoms with Crippen molar-refractivity contribution in [3.8, 4) is 6.07 Å². The molecule has 0 aliphatic heterocycles. The molecule has 0 N–H and O–H groups in total. The van der Waals surface area contributed by atoms with Gasteiger partial charge in [0.2, 0.25) is 0 Å². The van der Waals surface area contributed by atoms with Gasteiger partial charge in [-0.3, -0.25) is 10.1 Å². The van der Waals surface area contributed by atoms with Crippen molar-refractivity contribution in [2.24, 2.45) is 0 Å². The Balaban J connectivity index is 2.89. The van der Waals surface area contributed by atoms with Crippen molar-refractivity contribution in [1.29, 1.82) is 5.26 Å². The van der Waals surface area contributed by atoms with Gasteiger partial charge in [0.25, 0.3) is 5.69 Å². The Kier molecular flexibility index (Phi) is 2.31. The van der Waals surface area contributed by atoms with Gasteiger partial charge in [-0.15, -0.1) is 11.3 Å². The summed E-state index contributed by atoms with van der Waals surface area (Å²) in [4.78, 5) is 10.5. The molecule has 2 aromatic rings. The number of nitro groups is 1. The van der Waals surface area contributed by atoms with Crippen LogP contribution >= 0.6 is 22.9 Å². The normalized spacial score (nSPS) is 10.1. The molecule has 1 aromatic carbocycles. The zero-order valence-corrected chi connectivity index (χ0v) is 8.80. The SMILES string of the molecule is N#Cc1sc2c([N+](=O)[O-])cccc2c1Cl. The van der Waals surface area contributed by atoms with Crippen LogP contribution in [-0.4, -0.2) is 4.92 Å². The van der Waals surface area contributed by atoms with E-state index in [1.807, 2.05) is 6.07 Å². The van der Waals surface area contributed by atoms with E-state index in [1.165, 1.54) is 6.07 Å². The number of nitriles is 1. The average Bonchev–Trinajstić information content (AvgIpc) is 2.55. The Morgan fingerprint density at radius 2 is 2.27 bits per heavy atom. The zero-order chi connectivity index (χ0) is 11.0. The summed E-state index contributed by atoms with van der Waals surface area (Å²) in [6, 6.07) is 6.54. The van der Waals surface area contributed by atoms with E-state index in [1.54, 1.807) is 12.1 Å². The van der Waals surface area contributed by atoms with Crippen LogP contribution in [0, 0.1) is 21.4 Å². The second kappa shape index (κ2) is 3.50. The molecule has 0 amide bonds. The second-order valence-electron chi connectivity index (χ2n) is 2.77. The summed E-state index contributed by atoms with van der Waals surface area (Å²) in [5.74, 6) is 0. The summed E-state index contributed by atoms with van der Waals surface area (Å²) in [7, 11) is 0. The third-order valence-electron chi connectivity index (χ3n) is 1.93. The highest BCUT2D eigenvalue weighted by Gasteiger charge is 2.18. The molecule has 1 heterocycles. The lowest BCUT2D eigenvalue weighted by atomic mass is 10.2. The first-order valence-corrected chi connectivity index (χ1v) is 5.10. The fraction of sp³-hybridized carbons (Fsp3) is 0. The first-order chi connectivity index (χ1) is 7.15. The van der Waals surface area contributed by atoms with Gasteiger partial charge in [0, 0.05) is 11.5 Å². The lowest BCUT2D eigenvalue weighted by molar-refractivity contribution is -0.382. The number of rotatable bonds is 1. The predicted molar refractivity (Wildman–Crippen MR) is 58.2 cm³/mol. The predicted octanol–water partition coefficient (Wildman–Crippen LogP) is 3.33. The van der Waals surface area contributed by atoms with Crippen molar-refractivity contribution in [3.05, 3.63) is 38.2 Å². The number of hydrogen-bond acceptors (Lipinski definition) is 4. The monoisotopic (exact) mass is 238 g/mol. The minimum Gasteiger partial charge on any atom is -0.258 e. The average molecular weight is 239 g/mol. The van der Waals surface area contributed by atoms with Gasteiger partial charge in [-0.2, -0.15) is 5.26 Å². The third-order valence-corrected chi connectivity index (χ3v) is 3.57. The molecule has 15 heavy (non-hydrogen) atoms. The fourth-order valence-corrected chi connectivity index (χ4v) is 2.64. The van der Waals surface area contributed by atoms with Crippen molar-refractivity contribution in [1.82, 2.24) is 0 Å². The van der Waals surface area contributed by atoms with Crippen LogP contribution in [0.1, 0.15) is 4.88 Å². The number of non-ortho nitro benzene ring substituents is 1. The molecule has 0 radical (unpaired) electrons. The third kappa shape index (κ3) is 1.44. The summed E-state index contributed by atoms with van der Waals surface area (Å²) >= 11 is 6.94. The smallest absolute Gasteiger partial charge is 0.258 e. The molecular weight excluding hydrogens is 236 g/mol. The van der Waals surface area contributed by atoms with Crippen molar-refractivity contribution < 1.29 is 4.92 Å². The number of hydrogen-bond donors (Lipinski definition) is 0. The molecular formula is C9H3ClN2O2S. The van der Waals surface area contributed by atoms with Gasteiger partial charge >= 0.3 is 0 Å². The van der Waals surface area contributed by atoms with Gasteiger partial charge < -0.3 is 0 Å². The van der Waals surface area contributed by atoms with E-state index in [-0.39, 0.29) is 5.69 Å². The van der Waals surface area contributed by atoms with E-state index >= 15 is 0 Å².